The molecule has 0 unspecified atom stereocenters. The van der Waals surface area contributed by atoms with Gasteiger partial charge in [0.1, 0.15) is 0 Å². The average Bonchev–Trinajstić information content (AvgIpc) is 3.85. The first-order valence-electron chi connectivity index (χ1n) is 21.1. The molecule has 61 heavy (non-hydrogen) atoms. The normalized spacial score (nSPS) is 13.0. The topological polar surface area (TPSA) is 3.24 Å². The van der Waals surface area contributed by atoms with E-state index in [1.807, 2.05) is 11.3 Å². The number of anilines is 3. The van der Waals surface area contributed by atoms with E-state index < -0.39 is 5.41 Å². The lowest BCUT2D eigenvalue weighted by atomic mass is 9.67. The van der Waals surface area contributed by atoms with Crippen LogP contribution in [0.1, 0.15) is 22.3 Å². The van der Waals surface area contributed by atoms with Crippen LogP contribution in [0.4, 0.5) is 17.1 Å². The number of rotatable bonds is 5. The Hall–Kier alpha value is -7.52. The van der Waals surface area contributed by atoms with Gasteiger partial charge in [0.05, 0.1) is 5.41 Å². The standard InChI is InChI=1S/C59H37NS/c1-3-14-42(15-4-1)59(43-16-5-2-6-17-43)53-21-11-9-19-49(53)50-33-30-45(36-54(50)59)60(46-31-34-52-51-20-10-12-22-55(51)61-56(52)37-46)44-29-32-48-41(35-44)28-27-40-26-25-39-24-23-38-13-7-8-18-47(38)57(39)58(40)48/h1-37H. The summed E-state index contributed by atoms with van der Waals surface area (Å²) in [6, 6.07) is 83.8. The van der Waals surface area contributed by atoms with Gasteiger partial charge in [-0.15, -0.1) is 11.3 Å². The molecule has 0 amide bonds. The van der Waals surface area contributed by atoms with Crippen LogP contribution in [0, 0.1) is 0 Å². The van der Waals surface area contributed by atoms with Gasteiger partial charge in [0.25, 0.3) is 0 Å². The molecule has 0 N–H and O–H groups in total. The van der Waals surface area contributed by atoms with Gasteiger partial charge in [0, 0.05) is 37.2 Å². The Labute approximate surface area is 358 Å². The van der Waals surface area contributed by atoms with E-state index in [1.165, 1.54) is 96.6 Å². The third kappa shape index (κ3) is 5.00. The summed E-state index contributed by atoms with van der Waals surface area (Å²) in [5.41, 5.74) is 10.6. The van der Waals surface area contributed by atoms with Gasteiger partial charge in [-0.05, 0) is 119 Å². The van der Waals surface area contributed by atoms with Crippen LogP contribution in [0.15, 0.2) is 224 Å². The smallest absolute Gasteiger partial charge is 0.0714 e. The molecule has 11 aromatic carbocycles. The van der Waals surface area contributed by atoms with E-state index in [-0.39, 0.29) is 0 Å². The fraction of sp³-hybridized carbons (Fsp3) is 0.0169. The van der Waals surface area contributed by atoms with Crippen molar-refractivity contribution in [2.24, 2.45) is 0 Å². The predicted octanol–water partition coefficient (Wildman–Crippen LogP) is 16.5. The summed E-state index contributed by atoms with van der Waals surface area (Å²) in [5.74, 6) is 0. The van der Waals surface area contributed by atoms with Crippen molar-refractivity contribution in [2.45, 2.75) is 5.41 Å². The Bertz CT molecular complexity index is 3670. The molecule has 0 saturated carbocycles. The van der Waals surface area contributed by atoms with Crippen molar-refractivity contribution in [3.63, 3.8) is 0 Å². The van der Waals surface area contributed by atoms with Crippen LogP contribution in [-0.2, 0) is 5.41 Å². The van der Waals surface area contributed by atoms with Crippen LogP contribution in [0.25, 0.3) is 74.4 Å². The SMILES string of the molecule is c1ccc(C2(c3ccccc3)c3ccccc3-c3ccc(N(c4ccc5c(ccc6ccc7ccc8ccccc8c7c65)c4)c4ccc5c(c4)sc4ccccc45)cc32)cc1. The summed E-state index contributed by atoms with van der Waals surface area (Å²) in [6.07, 6.45) is 0. The van der Waals surface area contributed by atoms with Crippen LogP contribution in [0.2, 0.25) is 0 Å². The zero-order chi connectivity index (χ0) is 40.1. The fourth-order valence-corrected chi connectivity index (χ4v) is 11.8. The number of hydrogen-bond acceptors (Lipinski definition) is 2. The van der Waals surface area contributed by atoms with Crippen molar-refractivity contribution < 1.29 is 0 Å². The van der Waals surface area contributed by atoms with Gasteiger partial charge in [0.2, 0.25) is 0 Å². The predicted molar refractivity (Wildman–Crippen MR) is 261 cm³/mol. The van der Waals surface area contributed by atoms with Gasteiger partial charge in [-0.1, -0.05) is 182 Å². The number of benzene rings is 11. The minimum absolute atomic E-state index is 0.502. The number of thiophene rings is 1. The van der Waals surface area contributed by atoms with Crippen LogP contribution < -0.4 is 4.90 Å². The fourth-order valence-electron chi connectivity index (χ4n) is 10.6. The Morgan fingerprint density at radius 2 is 0.820 bits per heavy atom. The monoisotopic (exact) mass is 791 g/mol. The number of hydrogen-bond donors (Lipinski definition) is 0. The van der Waals surface area contributed by atoms with Crippen LogP contribution in [0.5, 0.6) is 0 Å². The van der Waals surface area contributed by atoms with E-state index in [0.29, 0.717) is 0 Å². The lowest BCUT2D eigenvalue weighted by Gasteiger charge is -2.35. The van der Waals surface area contributed by atoms with Crippen LogP contribution in [0.3, 0.4) is 0 Å². The second kappa shape index (κ2) is 13.2. The lowest BCUT2D eigenvalue weighted by molar-refractivity contribution is 0.768. The van der Waals surface area contributed by atoms with Crippen molar-refractivity contribution in [3.05, 3.63) is 247 Å². The third-order valence-corrected chi connectivity index (χ3v) is 14.4. The van der Waals surface area contributed by atoms with Crippen molar-refractivity contribution >= 4 is 91.7 Å². The molecule has 2 heteroatoms. The highest BCUT2D eigenvalue weighted by molar-refractivity contribution is 7.25. The molecule has 0 atom stereocenters. The third-order valence-electron chi connectivity index (χ3n) is 13.3. The van der Waals surface area contributed by atoms with E-state index in [4.69, 9.17) is 0 Å². The van der Waals surface area contributed by atoms with E-state index in [2.05, 4.69) is 229 Å². The second-order valence-corrected chi connectivity index (χ2v) is 17.5. The highest BCUT2D eigenvalue weighted by atomic mass is 32.1. The number of fused-ring (bicyclic) bond motifs is 13. The molecule has 0 radical (unpaired) electrons. The van der Waals surface area contributed by atoms with Gasteiger partial charge in [-0.3, -0.25) is 0 Å². The van der Waals surface area contributed by atoms with E-state index in [0.717, 1.165) is 17.1 Å². The van der Waals surface area contributed by atoms with E-state index >= 15 is 0 Å². The molecular weight excluding hydrogens is 755 g/mol. The molecule has 0 aliphatic heterocycles. The zero-order valence-corrected chi connectivity index (χ0v) is 34.0. The van der Waals surface area contributed by atoms with Crippen LogP contribution in [-0.4, -0.2) is 0 Å². The molecule has 1 aromatic heterocycles. The van der Waals surface area contributed by atoms with Gasteiger partial charge >= 0.3 is 0 Å². The number of nitrogens with zero attached hydrogens (tertiary/aromatic N) is 1. The molecule has 0 saturated heterocycles. The maximum absolute atomic E-state index is 2.48. The van der Waals surface area contributed by atoms with E-state index in [9.17, 15) is 0 Å². The molecule has 1 aliphatic carbocycles. The van der Waals surface area contributed by atoms with Crippen molar-refractivity contribution in [1.82, 2.24) is 0 Å². The molecular formula is C59H37NS. The zero-order valence-electron chi connectivity index (χ0n) is 33.2. The molecule has 13 rings (SSSR count). The molecule has 1 aliphatic rings. The lowest BCUT2D eigenvalue weighted by Crippen LogP contribution is -2.28. The molecule has 12 aromatic rings. The summed E-state index contributed by atoms with van der Waals surface area (Å²) in [4.78, 5) is 2.48. The summed E-state index contributed by atoms with van der Waals surface area (Å²) < 4.78 is 2.59. The Morgan fingerprint density at radius 1 is 0.311 bits per heavy atom. The maximum Gasteiger partial charge on any atom is 0.0714 e. The first-order chi connectivity index (χ1) is 30.2. The summed E-state index contributed by atoms with van der Waals surface area (Å²) in [6.45, 7) is 0. The largest absolute Gasteiger partial charge is 0.310 e. The Balaban J connectivity index is 1.08. The van der Waals surface area contributed by atoms with Crippen LogP contribution >= 0.6 is 11.3 Å². The molecule has 1 nitrogen and oxygen atoms in total. The summed E-state index contributed by atoms with van der Waals surface area (Å²) in [5, 5.41) is 12.8. The van der Waals surface area contributed by atoms with Gasteiger partial charge in [-0.2, -0.15) is 0 Å². The van der Waals surface area contributed by atoms with Crippen molar-refractivity contribution in [1.29, 1.82) is 0 Å². The summed E-state index contributed by atoms with van der Waals surface area (Å²) in [7, 11) is 0. The minimum Gasteiger partial charge on any atom is -0.310 e. The first kappa shape index (κ1) is 34.4. The van der Waals surface area contributed by atoms with Gasteiger partial charge < -0.3 is 4.90 Å². The molecule has 0 fully saturated rings. The van der Waals surface area contributed by atoms with Crippen molar-refractivity contribution in [2.75, 3.05) is 4.90 Å². The molecule has 0 bridgehead atoms. The molecule has 284 valence electrons. The second-order valence-electron chi connectivity index (χ2n) is 16.4. The first-order valence-corrected chi connectivity index (χ1v) is 21.9. The average molecular weight is 792 g/mol. The van der Waals surface area contributed by atoms with Gasteiger partial charge in [-0.25, -0.2) is 0 Å². The highest BCUT2D eigenvalue weighted by Crippen LogP contribution is 2.57. The highest BCUT2D eigenvalue weighted by Gasteiger charge is 2.46. The molecule has 1 heterocycles. The Kier molecular flexibility index (Phi) is 7.46. The van der Waals surface area contributed by atoms with Gasteiger partial charge in [0.15, 0.2) is 0 Å². The quantitative estimate of drug-likeness (QED) is 0.157. The van der Waals surface area contributed by atoms with E-state index in [1.54, 1.807) is 0 Å². The molecule has 0 spiro atoms. The minimum atomic E-state index is -0.502. The maximum atomic E-state index is 2.48. The Morgan fingerprint density at radius 3 is 1.57 bits per heavy atom. The van der Waals surface area contributed by atoms with Crippen molar-refractivity contribution in [3.8, 4) is 11.1 Å². The summed E-state index contributed by atoms with van der Waals surface area (Å²) >= 11 is 1.87.